The Balaban J connectivity index is 1.72. The fraction of sp³-hybridized carbons (Fsp3) is 0.429. The lowest BCUT2D eigenvalue weighted by atomic mass is 10.1. The molecule has 1 aromatic carbocycles. The molecule has 3 rings (SSSR count). The van der Waals surface area contributed by atoms with E-state index in [1.807, 2.05) is 24.3 Å². The number of hydrogen-bond donors (Lipinski definition) is 1. The number of halogens is 1. The topological polar surface area (TPSA) is 66.0 Å². The molecule has 0 aliphatic carbocycles. The van der Waals surface area contributed by atoms with Crippen LogP contribution in [0.15, 0.2) is 29.4 Å². The molecule has 0 amide bonds. The van der Waals surface area contributed by atoms with Gasteiger partial charge in [-0.25, -0.2) is 4.68 Å². The molecule has 5 nitrogen and oxygen atoms in total. The zero-order chi connectivity index (χ0) is 14.7. The molecule has 1 aromatic heterocycles. The minimum absolute atomic E-state index is 0.282. The van der Waals surface area contributed by atoms with E-state index in [4.69, 9.17) is 22.2 Å². The molecular weight excluding hydrogens is 308 g/mol. The molecular formula is C14H17ClN4OS. The van der Waals surface area contributed by atoms with Crippen molar-refractivity contribution in [3.05, 3.63) is 29.3 Å². The molecule has 1 saturated heterocycles. The second-order valence-electron chi connectivity index (χ2n) is 4.96. The van der Waals surface area contributed by atoms with Crippen molar-refractivity contribution >= 4 is 23.4 Å². The number of nitrogens with zero attached hydrogens (tertiary/aromatic N) is 3. The summed E-state index contributed by atoms with van der Waals surface area (Å²) in [6.07, 6.45) is 3.77. The van der Waals surface area contributed by atoms with Gasteiger partial charge in [0, 0.05) is 17.9 Å². The summed E-state index contributed by atoms with van der Waals surface area (Å²) >= 11 is 7.75. The van der Waals surface area contributed by atoms with Gasteiger partial charge in [-0.15, -0.1) is 10.2 Å². The van der Waals surface area contributed by atoms with Gasteiger partial charge in [0.15, 0.2) is 5.82 Å². The monoisotopic (exact) mass is 324 g/mol. The average Bonchev–Trinajstić information content (AvgIpc) is 2.88. The summed E-state index contributed by atoms with van der Waals surface area (Å²) < 4.78 is 7.20. The smallest absolute Gasteiger partial charge is 0.210 e. The molecule has 0 unspecified atom stereocenters. The van der Waals surface area contributed by atoms with Crippen LogP contribution >= 0.6 is 23.4 Å². The van der Waals surface area contributed by atoms with Crippen LogP contribution in [0.1, 0.15) is 19.3 Å². The van der Waals surface area contributed by atoms with Crippen molar-refractivity contribution < 1.29 is 4.74 Å². The normalized spacial score (nSPS) is 18.8. The number of nitrogen functional groups attached to an aromatic ring is 1. The third kappa shape index (κ3) is 3.33. The summed E-state index contributed by atoms with van der Waals surface area (Å²) in [5.41, 5.74) is 0.787. The highest BCUT2D eigenvalue weighted by Crippen LogP contribution is 2.28. The van der Waals surface area contributed by atoms with E-state index < -0.39 is 0 Å². The highest BCUT2D eigenvalue weighted by atomic mass is 35.5. The third-order valence-electron chi connectivity index (χ3n) is 3.45. The van der Waals surface area contributed by atoms with Gasteiger partial charge in [-0.2, -0.15) is 0 Å². The predicted octanol–water partition coefficient (Wildman–Crippen LogP) is 2.97. The average molecular weight is 325 g/mol. The first-order chi connectivity index (χ1) is 10.3. The van der Waals surface area contributed by atoms with Crippen LogP contribution in [0.5, 0.6) is 0 Å². The van der Waals surface area contributed by atoms with Crippen molar-refractivity contribution in [3.63, 3.8) is 0 Å². The number of nitrogens with two attached hydrogens (primary N) is 1. The van der Waals surface area contributed by atoms with Crippen LogP contribution in [0, 0.1) is 0 Å². The molecule has 2 aromatic rings. The quantitative estimate of drug-likeness (QED) is 0.692. The second-order valence-corrected chi connectivity index (χ2v) is 6.35. The minimum Gasteiger partial charge on any atom is -0.377 e. The number of benzene rings is 1. The van der Waals surface area contributed by atoms with Crippen LogP contribution in [0.3, 0.4) is 0 Å². The van der Waals surface area contributed by atoms with Crippen molar-refractivity contribution in [1.29, 1.82) is 0 Å². The number of hydrogen-bond acceptors (Lipinski definition) is 5. The zero-order valence-corrected chi connectivity index (χ0v) is 13.1. The van der Waals surface area contributed by atoms with Crippen LogP contribution in [0.25, 0.3) is 11.4 Å². The molecule has 1 aliphatic rings. The van der Waals surface area contributed by atoms with E-state index in [0.29, 0.717) is 16.0 Å². The molecule has 2 heterocycles. The van der Waals surface area contributed by atoms with Gasteiger partial charge >= 0.3 is 0 Å². The Labute approximate surface area is 132 Å². The van der Waals surface area contributed by atoms with E-state index in [0.717, 1.165) is 30.8 Å². The first-order valence-electron chi connectivity index (χ1n) is 6.95. The molecule has 1 fully saturated rings. The van der Waals surface area contributed by atoms with Crippen LogP contribution in [-0.4, -0.2) is 33.3 Å². The van der Waals surface area contributed by atoms with Gasteiger partial charge in [-0.3, -0.25) is 0 Å². The summed E-state index contributed by atoms with van der Waals surface area (Å²) in [5.74, 6) is 7.51. The molecule has 21 heavy (non-hydrogen) atoms. The molecule has 1 aliphatic heterocycles. The Morgan fingerprint density at radius 3 is 2.95 bits per heavy atom. The van der Waals surface area contributed by atoms with Crippen LogP contribution in [0.2, 0.25) is 5.02 Å². The number of thioether (sulfide) groups is 1. The largest absolute Gasteiger partial charge is 0.377 e. The van der Waals surface area contributed by atoms with Crippen LogP contribution < -0.4 is 5.84 Å². The summed E-state index contributed by atoms with van der Waals surface area (Å²) in [6, 6.07) is 7.47. The van der Waals surface area contributed by atoms with Gasteiger partial charge in [-0.1, -0.05) is 35.5 Å². The molecule has 2 N–H and O–H groups in total. The Hall–Kier alpha value is -1.24. The second kappa shape index (κ2) is 6.68. The van der Waals surface area contributed by atoms with Crippen LogP contribution in [0.4, 0.5) is 0 Å². The predicted molar refractivity (Wildman–Crippen MR) is 84.9 cm³/mol. The molecule has 7 heteroatoms. The van der Waals surface area contributed by atoms with Gasteiger partial charge in [0.2, 0.25) is 5.16 Å². The maximum Gasteiger partial charge on any atom is 0.210 e. The Morgan fingerprint density at radius 1 is 1.33 bits per heavy atom. The highest BCUT2D eigenvalue weighted by Gasteiger charge is 2.18. The summed E-state index contributed by atoms with van der Waals surface area (Å²) in [5, 5.41) is 9.60. The zero-order valence-electron chi connectivity index (χ0n) is 11.5. The molecule has 0 spiro atoms. The lowest BCUT2D eigenvalue weighted by Crippen LogP contribution is -2.22. The summed E-state index contributed by atoms with van der Waals surface area (Å²) in [6.45, 7) is 0.853. The maximum absolute atomic E-state index is 6.18. The molecule has 0 radical (unpaired) electrons. The first kappa shape index (κ1) is 14.7. The number of ether oxygens (including phenoxy) is 1. The number of aromatic nitrogens is 3. The van der Waals surface area contributed by atoms with E-state index >= 15 is 0 Å². The van der Waals surface area contributed by atoms with E-state index in [2.05, 4.69) is 10.2 Å². The standard InChI is InChI=1S/C14H17ClN4OS/c15-12-7-2-1-6-11(12)13-17-18-14(19(13)16)21-9-10-5-3-4-8-20-10/h1-2,6-7,10H,3-5,8-9,16H2/t10-/m0/s1. The first-order valence-corrected chi connectivity index (χ1v) is 8.32. The lowest BCUT2D eigenvalue weighted by Gasteiger charge is -2.21. The summed E-state index contributed by atoms with van der Waals surface area (Å²) in [4.78, 5) is 0. The van der Waals surface area contributed by atoms with Crippen molar-refractivity contribution in [3.8, 4) is 11.4 Å². The summed E-state index contributed by atoms with van der Waals surface area (Å²) in [7, 11) is 0. The van der Waals surface area contributed by atoms with Gasteiger partial charge in [0.25, 0.3) is 0 Å². The van der Waals surface area contributed by atoms with E-state index in [9.17, 15) is 0 Å². The maximum atomic E-state index is 6.18. The van der Waals surface area contributed by atoms with Crippen molar-refractivity contribution in [2.75, 3.05) is 18.2 Å². The van der Waals surface area contributed by atoms with Crippen molar-refractivity contribution in [2.24, 2.45) is 0 Å². The Kier molecular flexibility index (Phi) is 4.67. The van der Waals surface area contributed by atoms with Gasteiger partial charge in [0.1, 0.15) is 0 Å². The fourth-order valence-electron chi connectivity index (χ4n) is 2.31. The molecule has 1 atom stereocenters. The lowest BCUT2D eigenvalue weighted by molar-refractivity contribution is 0.0315. The Bertz CT molecular complexity index is 613. The van der Waals surface area contributed by atoms with E-state index in [1.165, 1.54) is 11.1 Å². The molecule has 0 bridgehead atoms. The van der Waals surface area contributed by atoms with E-state index in [1.54, 1.807) is 11.8 Å². The van der Waals surface area contributed by atoms with Gasteiger partial charge < -0.3 is 10.6 Å². The van der Waals surface area contributed by atoms with Gasteiger partial charge in [-0.05, 0) is 31.4 Å². The Morgan fingerprint density at radius 2 is 2.19 bits per heavy atom. The molecule has 0 saturated carbocycles. The highest BCUT2D eigenvalue weighted by molar-refractivity contribution is 7.99. The fourth-order valence-corrected chi connectivity index (χ4v) is 3.45. The number of rotatable bonds is 4. The molecule has 112 valence electrons. The van der Waals surface area contributed by atoms with Crippen molar-refractivity contribution in [2.45, 2.75) is 30.5 Å². The van der Waals surface area contributed by atoms with Gasteiger partial charge in [0.05, 0.1) is 11.1 Å². The van der Waals surface area contributed by atoms with Crippen LogP contribution in [-0.2, 0) is 4.74 Å². The van der Waals surface area contributed by atoms with Crippen molar-refractivity contribution in [1.82, 2.24) is 14.9 Å². The van der Waals surface area contributed by atoms with E-state index in [-0.39, 0.29) is 6.10 Å². The SMILES string of the molecule is Nn1c(SC[C@@H]2CCCCO2)nnc1-c1ccccc1Cl. The third-order valence-corrected chi connectivity index (χ3v) is 4.86. The minimum atomic E-state index is 0.282.